The second kappa shape index (κ2) is 3.94. The molecule has 0 bridgehead atoms. The van der Waals surface area contributed by atoms with Crippen LogP contribution < -0.4 is 10.6 Å². The molecule has 2 unspecified atom stereocenters. The lowest BCUT2D eigenvalue weighted by atomic mass is 10.0. The molecule has 2 nitrogen and oxygen atoms in total. The van der Waals surface area contributed by atoms with Gasteiger partial charge >= 0.3 is 0 Å². The minimum absolute atomic E-state index is 0.661. The zero-order valence-corrected chi connectivity index (χ0v) is 6.98. The van der Waals surface area contributed by atoms with Crippen molar-refractivity contribution in [3.05, 3.63) is 0 Å². The Balaban J connectivity index is 2.25. The summed E-state index contributed by atoms with van der Waals surface area (Å²) in [6.45, 7) is 6.76. The van der Waals surface area contributed by atoms with E-state index in [1.807, 2.05) is 0 Å². The highest BCUT2D eigenvalue weighted by atomic mass is 15.1. The van der Waals surface area contributed by atoms with Crippen LogP contribution in [0.4, 0.5) is 0 Å². The molecule has 1 fully saturated rings. The van der Waals surface area contributed by atoms with Crippen molar-refractivity contribution in [2.75, 3.05) is 13.1 Å². The molecule has 2 heteroatoms. The lowest BCUT2D eigenvalue weighted by Crippen LogP contribution is -2.54. The zero-order chi connectivity index (χ0) is 7.40. The van der Waals surface area contributed by atoms with Gasteiger partial charge in [-0.25, -0.2) is 0 Å². The Labute approximate surface area is 63.4 Å². The minimum Gasteiger partial charge on any atom is -0.311 e. The molecule has 2 atom stereocenters. The van der Waals surface area contributed by atoms with Crippen LogP contribution in [0, 0.1) is 0 Å². The molecule has 0 radical (unpaired) electrons. The SMILES string of the molecule is CCCC1NCCNC1C. The summed E-state index contributed by atoms with van der Waals surface area (Å²) in [6, 6.07) is 1.37. The quantitative estimate of drug-likeness (QED) is 0.594. The molecular weight excluding hydrogens is 124 g/mol. The Kier molecular flexibility index (Phi) is 3.16. The average molecular weight is 142 g/mol. The summed E-state index contributed by atoms with van der Waals surface area (Å²) in [5, 5.41) is 6.96. The topological polar surface area (TPSA) is 24.1 Å². The van der Waals surface area contributed by atoms with Gasteiger partial charge in [-0.15, -0.1) is 0 Å². The van der Waals surface area contributed by atoms with E-state index < -0.39 is 0 Å². The van der Waals surface area contributed by atoms with Crippen molar-refractivity contribution in [3.8, 4) is 0 Å². The number of nitrogens with one attached hydrogen (secondary N) is 2. The molecule has 0 spiro atoms. The minimum atomic E-state index is 0.661. The third-order valence-electron chi connectivity index (χ3n) is 2.20. The Hall–Kier alpha value is -0.0800. The van der Waals surface area contributed by atoms with Gasteiger partial charge in [-0.2, -0.15) is 0 Å². The second-order valence-electron chi connectivity index (χ2n) is 3.09. The molecule has 0 saturated carbocycles. The van der Waals surface area contributed by atoms with Gasteiger partial charge in [-0.05, 0) is 13.3 Å². The third kappa shape index (κ3) is 1.96. The summed E-state index contributed by atoms with van der Waals surface area (Å²) in [5.41, 5.74) is 0. The van der Waals surface area contributed by atoms with E-state index in [9.17, 15) is 0 Å². The van der Waals surface area contributed by atoms with E-state index in [4.69, 9.17) is 0 Å². The molecule has 1 aliphatic heterocycles. The highest BCUT2D eigenvalue weighted by Gasteiger charge is 2.18. The number of rotatable bonds is 2. The lowest BCUT2D eigenvalue weighted by Gasteiger charge is -2.30. The summed E-state index contributed by atoms with van der Waals surface area (Å²) in [4.78, 5) is 0. The van der Waals surface area contributed by atoms with Crippen LogP contribution >= 0.6 is 0 Å². The van der Waals surface area contributed by atoms with Gasteiger partial charge in [0, 0.05) is 25.2 Å². The summed E-state index contributed by atoms with van der Waals surface area (Å²) in [7, 11) is 0. The van der Waals surface area contributed by atoms with Crippen LogP contribution in [-0.4, -0.2) is 25.2 Å². The van der Waals surface area contributed by atoms with Crippen molar-refractivity contribution in [1.82, 2.24) is 10.6 Å². The molecule has 10 heavy (non-hydrogen) atoms. The van der Waals surface area contributed by atoms with Crippen molar-refractivity contribution in [2.24, 2.45) is 0 Å². The predicted molar refractivity (Wildman–Crippen MR) is 44.2 cm³/mol. The Bertz CT molecular complexity index is 91.3. The highest BCUT2D eigenvalue weighted by Crippen LogP contribution is 2.03. The third-order valence-corrected chi connectivity index (χ3v) is 2.20. The molecule has 0 aromatic rings. The Morgan fingerprint density at radius 2 is 2.00 bits per heavy atom. The summed E-state index contributed by atoms with van der Waals surface area (Å²) >= 11 is 0. The lowest BCUT2D eigenvalue weighted by molar-refractivity contribution is 0.322. The Morgan fingerprint density at radius 3 is 2.60 bits per heavy atom. The van der Waals surface area contributed by atoms with Crippen LogP contribution in [0.15, 0.2) is 0 Å². The van der Waals surface area contributed by atoms with Crippen LogP contribution in [0.5, 0.6) is 0 Å². The van der Waals surface area contributed by atoms with Crippen LogP contribution in [0.1, 0.15) is 26.7 Å². The first-order valence-electron chi connectivity index (χ1n) is 4.31. The largest absolute Gasteiger partial charge is 0.311 e. The van der Waals surface area contributed by atoms with E-state index in [0.717, 1.165) is 13.1 Å². The maximum atomic E-state index is 3.51. The maximum absolute atomic E-state index is 3.51. The zero-order valence-electron chi connectivity index (χ0n) is 6.98. The summed E-state index contributed by atoms with van der Waals surface area (Å²) < 4.78 is 0. The van der Waals surface area contributed by atoms with Crippen molar-refractivity contribution in [3.63, 3.8) is 0 Å². The normalized spacial score (nSPS) is 34.2. The molecule has 1 aliphatic rings. The van der Waals surface area contributed by atoms with E-state index in [1.54, 1.807) is 0 Å². The monoisotopic (exact) mass is 142 g/mol. The number of hydrogen-bond acceptors (Lipinski definition) is 2. The second-order valence-corrected chi connectivity index (χ2v) is 3.09. The molecule has 0 aromatic carbocycles. The first kappa shape index (κ1) is 8.02. The van der Waals surface area contributed by atoms with Crippen molar-refractivity contribution < 1.29 is 0 Å². The number of hydrogen-bond donors (Lipinski definition) is 2. The van der Waals surface area contributed by atoms with Gasteiger partial charge in [0.05, 0.1) is 0 Å². The van der Waals surface area contributed by atoms with Crippen LogP contribution in [0.2, 0.25) is 0 Å². The molecular formula is C8H18N2. The van der Waals surface area contributed by atoms with E-state index in [1.165, 1.54) is 12.8 Å². The van der Waals surface area contributed by atoms with Gasteiger partial charge in [0.25, 0.3) is 0 Å². The van der Waals surface area contributed by atoms with Gasteiger partial charge < -0.3 is 10.6 Å². The molecule has 60 valence electrons. The Morgan fingerprint density at radius 1 is 1.30 bits per heavy atom. The summed E-state index contributed by atoms with van der Waals surface area (Å²) in [6.07, 6.45) is 2.58. The maximum Gasteiger partial charge on any atom is 0.0218 e. The van der Waals surface area contributed by atoms with Gasteiger partial charge in [-0.1, -0.05) is 13.3 Å². The van der Waals surface area contributed by atoms with Crippen molar-refractivity contribution in [1.29, 1.82) is 0 Å². The predicted octanol–water partition coefficient (Wildman–Crippen LogP) is 0.736. The molecule has 1 heterocycles. The smallest absolute Gasteiger partial charge is 0.0218 e. The van der Waals surface area contributed by atoms with Crippen LogP contribution in [0.25, 0.3) is 0 Å². The molecule has 0 aliphatic carbocycles. The fourth-order valence-corrected chi connectivity index (χ4v) is 1.54. The molecule has 0 amide bonds. The highest BCUT2D eigenvalue weighted by molar-refractivity contribution is 4.82. The first-order valence-corrected chi connectivity index (χ1v) is 4.31. The molecule has 1 rings (SSSR count). The van der Waals surface area contributed by atoms with Crippen LogP contribution in [-0.2, 0) is 0 Å². The van der Waals surface area contributed by atoms with Crippen molar-refractivity contribution >= 4 is 0 Å². The van der Waals surface area contributed by atoms with E-state index in [0.29, 0.717) is 12.1 Å². The average Bonchev–Trinajstić information content (AvgIpc) is 1.94. The fourth-order valence-electron chi connectivity index (χ4n) is 1.54. The van der Waals surface area contributed by atoms with E-state index in [2.05, 4.69) is 24.5 Å². The molecule has 0 aromatic heterocycles. The van der Waals surface area contributed by atoms with Gasteiger partial charge in [0.15, 0.2) is 0 Å². The molecule has 2 N–H and O–H groups in total. The molecule has 1 saturated heterocycles. The van der Waals surface area contributed by atoms with Gasteiger partial charge in [0.2, 0.25) is 0 Å². The first-order chi connectivity index (χ1) is 4.84. The van der Waals surface area contributed by atoms with Gasteiger partial charge in [-0.3, -0.25) is 0 Å². The van der Waals surface area contributed by atoms with E-state index >= 15 is 0 Å². The van der Waals surface area contributed by atoms with Gasteiger partial charge in [0.1, 0.15) is 0 Å². The van der Waals surface area contributed by atoms with Crippen molar-refractivity contribution in [2.45, 2.75) is 38.8 Å². The fraction of sp³-hybridized carbons (Fsp3) is 1.00. The summed E-state index contributed by atoms with van der Waals surface area (Å²) in [5.74, 6) is 0. The van der Waals surface area contributed by atoms with E-state index in [-0.39, 0.29) is 0 Å². The number of piperazine rings is 1. The standard InChI is InChI=1S/C8H18N2/c1-3-4-8-7(2)9-5-6-10-8/h7-10H,3-6H2,1-2H3. The van der Waals surface area contributed by atoms with Crippen LogP contribution in [0.3, 0.4) is 0 Å².